The van der Waals surface area contributed by atoms with Crippen LogP contribution in [-0.4, -0.2) is 23.0 Å². The highest BCUT2D eigenvalue weighted by atomic mass is 35.6. The van der Waals surface area contributed by atoms with E-state index in [4.69, 9.17) is 45.3 Å². The molecule has 74 valence electrons. The summed E-state index contributed by atoms with van der Waals surface area (Å²) in [6, 6.07) is 0. The quantitative estimate of drug-likeness (QED) is 0.758. The molecule has 0 aliphatic rings. The van der Waals surface area contributed by atoms with Crippen LogP contribution < -0.4 is 5.73 Å². The van der Waals surface area contributed by atoms with Crippen LogP contribution in [-0.2, 0) is 4.74 Å². The fourth-order valence-corrected chi connectivity index (χ4v) is 1.06. The van der Waals surface area contributed by atoms with Crippen molar-refractivity contribution in [2.75, 3.05) is 13.2 Å². The Morgan fingerprint density at radius 1 is 1.33 bits per heavy atom. The van der Waals surface area contributed by atoms with Crippen LogP contribution >= 0.6 is 34.8 Å². The lowest BCUT2D eigenvalue weighted by Crippen LogP contribution is -2.36. The second-order valence-electron chi connectivity index (χ2n) is 2.99. The zero-order valence-corrected chi connectivity index (χ0v) is 9.46. The Kier molecular flexibility index (Phi) is 5.87. The van der Waals surface area contributed by atoms with Gasteiger partial charge >= 0.3 is 0 Å². The maximum Gasteiger partial charge on any atom is 0.217 e. The van der Waals surface area contributed by atoms with Gasteiger partial charge in [-0.2, -0.15) is 0 Å². The van der Waals surface area contributed by atoms with Crippen molar-refractivity contribution in [1.29, 1.82) is 0 Å². The van der Waals surface area contributed by atoms with E-state index in [0.29, 0.717) is 12.5 Å². The Morgan fingerprint density at radius 2 is 1.83 bits per heavy atom. The van der Waals surface area contributed by atoms with E-state index in [1.807, 2.05) is 13.8 Å². The third kappa shape index (κ3) is 5.44. The third-order valence-corrected chi connectivity index (χ3v) is 1.94. The summed E-state index contributed by atoms with van der Waals surface area (Å²) >= 11 is 16.8. The van der Waals surface area contributed by atoms with Gasteiger partial charge in [0.15, 0.2) is 0 Å². The van der Waals surface area contributed by atoms with E-state index in [9.17, 15) is 0 Å². The number of nitrogens with two attached hydrogens (primary N) is 1. The van der Waals surface area contributed by atoms with E-state index in [1.165, 1.54) is 0 Å². The number of rotatable bonds is 4. The molecule has 0 aromatic carbocycles. The maximum atomic E-state index is 5.61. The molecule has 0 aliphatic carbocycles. The highest BCUT2D eigenvalue weighted by Gasteiger charge is 2.32. The average molecular weight is 235 g/mol. The van der Waals surface area contributed by atoms with Crippen LogP contribution in [0.4, 0.5) is 0 Å². The zero-order valence-electron chi connectivity index (χ0n) is 7.19. The summed E-state index contributed by atoms with van der Waals surface area (Å²) in [6.07, 6.45) is -0.523. The standard InChI is InChI=1S/C7H14Cl3NO/c1-5(2)4-12-6(3-11)7(8,9)10/h5-6H,3-4,11H2,1-2H3. The molecule has 0 radical (unpaired) electrons. The summed E-state index contributed by atoms with van der Waals surface area (Å²) in [5.41, 5.74) is 5.37. The first-order valence-electron chi connectivity index (χ1n) is 3.76. The second-order valence-corrected chi connectivity index (χ2v) is 5.36. The number of hydrogen-bond donors (Lipinski definition) is 1. The number of hydrogen-bond acceptors (Lipinski definition) is 2. The minimum Gasteiger partial charge on any atom is -0.372 e. The van der Waals surface area contributed by atoms with Gasteiger partial charge in [-0.3, -0.25) is 0 Å². The van der Waals surface area contributed by atoms with Gasteiger partial charge < -0.3 is 10.5 Å². The minimum atomic E-state index is -1.43. The molecule has 0 aromatic heterocycles. The van der Waals surface area contributed by atoms with Crippen LogP contribution in [0.25, 0.3) is 0 Å². The molecule has 1 unspecified atom stereocenters. The van der Waals surface area contributed by atoms with Crippen molar-refractivity contribution in [3.05, 3.63) is 0 Å². The predicted molar refractivity (Wildman–Crippen MR) is 53.9 cm³/mol. The lowest BCUT2D eigenvalue weighted by Gasteiger charge is -2.23. The van der Waals surface area contributed by atoms with E-state index in [-0.39, 0.29) is 6.54 Å². The monoisotopic (exact) mass is 233 g/mol. The Hall–Kier alpha value is 0.790. The molecule has 5 heteroatoms. The normalized spacial score (nSPS) is 15.2. The van der Waals surface area contributed by atoms with Gasteiger partial charge in [-0.1, -0.05) is 48.7 Å². The van der Waals surface area contributed by atoms with Crippen molar-refractivity contribution in [3.8, 4) is 0 Å². The molecule has 0 aliphatic heterocycles. The van der Waals surface area contributed by atoms with E-state index in [0.717, 1.165) is 0 Å². The van der Waals surface area contributed by atoms with E-state index in [2.05, 4.69) is 0 Å². The Labute approximate surface area is 88.3 Å². The Bertz CT molecular complexity index is 124. The van der Waals surface area contributed by atoms with Crippen molar-refractivity contribution in [2.45, 2.75) is 23.7 Å². The topological polar surface area (TPSA) is 35.2 Å². The molecule has 0 spiro atoms. The predicted octanol–water partition coefficient (Wildman–Crippen LogP) is 2.36. The molecule has 0 bridgehead atoms. The molecule has 0 fully saturated rings. The summed E-state index contributed by atoms with van der Waals surface area (Å²) in [4.78, 5) is 0. The summed E-state index contributed by atoms with van der Waals surface area (Å²) in [5, 5.41) is 0. The molecule has 2 N–H and O–H groups in total. The van der Waals surface area contributed by atoms with Gasteiger partial charge in [0.2, 0.25) is 3.79 Å². The van der Waals surface area contributed by atoms with Gasteiger partial charge in [-0.25, -0.2) is 0 Å². The first-order chi connectivity index (χ1) is 5.38. The van der Waals surface area contributed by atoms with Gasteiger partial charge in [0.1, 0.15) is 6.10 Å². The van der Waals surface area contributed by atoms with Crippen LogP contribution in [0, 0.1) is 5.92 Å². The second kappa shape index (κ2) is 5.51. The minimum absolute atomic E-state index is 0.212. The van der Waals surface area contributed by atoms with Gasteiger partial charge in [-0.15, -0.1) is 0 Å². The molecule has 0 saturated carbocycles. The fraction of sp³-hybridized carbons (Fsp3) is 1.00. The molecule has 0 saturated heterocycles. The summed E-state index contributed by atoms with van der Waals surface area (Å²) in [7, 11) is 0. The summed E-state index contributed by atoms with van der Waals surface area (Å²) in [5.74, 6) is 0.409. The van der Waals surface area contributed by atoms with Crippen LogP contribution in [0.3, 0.4) is 0 Å². The SMILES string of the molecule is CC(C)COC(CN)C(Cl)(Cl)Cl. The molecule has 0 aromatic rings. The molecular weight excluding hydrogens is 220 g/mol. The smallest absolute Gasteiger partial charge is 0.217 e. The van der Waals surface area contributed by atoms with E-state index in [1.54, 1.807) is 0 Å². The zero-order chi connectivity index (χ0) is 9.78. The highest BCUT2D eigenvalue weighted by molar-refractivity contribution is 6.68. The van der Waals surface area contributed by atoms with Crippen LogP contribution in [0.15, 0.2) is 0 Å². The third-order valence-electron chi connectivity index (χ3n) is 1.21. The molecule has 12 heavy (non-hydrogen) atoms. The number of ether oxygens (including phenoxy) is 1. The fourth-order valence-electron chi connectivity index (χ4n) is 0.605. The van der Waals surface area contributed by atoms with Gasteiger partial charge in [-0.05, 0) is 5.92 Å². The van der Waals surface area contributed by atoms with E-state index < -0.39 is 9.90 Å². The van der Waals surface area contributed by atoms with Crippen LogP contribution in [0.5, 0.6) is 0 Å². The maximum absolute atomic E-state index is 5.61. The average Bonchev–Trinajstić information content (AvgIpc) is 1.85. The molecular formula is C7H14Cl3NO. The van der Waals surface area contributed by atoms with Crippen molar-refractivity contribution in [3.63, 3.8) is 0 Å². The largest absolute Gasteiger partial charge is 0.372 e. The van der Waals surface area contributed by atoms with Gasteiger partial charge in [0.25, 0.3) is 0 Å². The van der Waals surface area contributed by atoms with E-state index >= 15 is 0 Å². The summed E-state index contributed by atoms with van der Waals surface area (Å²) in [6.45, 7) is 4.80. The Morgan fingerprint density at radius 3 is 2.08 bits per heavy atom. The number of halogens is 3. The van der Waals surface area contributed by atoms with Crippen molar-refractivity contribution in [2.24, 2.45) is 11.7 Å². The molecule has 0 rings (SSSR count). The van der Waals surface area contributed by atoms with Gasteiger partial charge in [0.05, 0.1) is 0 Å². The lowest BCUT2D eigenvalue weighted by atomic mass is 10.2. The van der Waals surface area contributed by atoms with Crippen molar-refractivity contribution < 1.29 is 4.74 Å². The van der Waals surface area contributed by atoms with Crippen LogP contribution in [0.2, 0.25) is 0 Å². The first-order valence-corrected chi connectivity index (χ1v) is 4.89. The molecule has 0 amide bonds. The first kappa shape index (κ1) is 12.8. The number of alkyl halides is 3. The molecule has 2 nitrogen and oxygen atoms in total. The van der Waals surface area contributed by atoms with Gasteiger partial charge in [0, 0.05) is 13.2 Å². The van der Waals surface area contributed by atoms with Crippen LogP contribution in [0.1, 0.15) is 13.8 Å². The lowest BCUT2D eigenvalue weighted by molar-refractivity contribution is 0.0438. The van der Waals surface area contributed by atoms with Crippen molar-refractivity contribution >= 4 is 34.8 Å². The highest BCUT2D eigenvalue weighted by Crippen LogP contribution is 2.31. The van der Waals surface area contributed by atoms with Crippen molar-refractivity contribution in [1.82, 2.24) is 0 Å². The summed E-state index contributed by atoms with van der Waals surface area (Å²) < 4.78 is 3.87. The molecule has 1 atom stereocenters. The molecule has 0 heterocycles. The Balaban J connectivity index is 3.84.